The van der Waals surface area contributed by atoms with Crippen molar-refractivity contribution in [2.75, 3.05) is 23.5 Å². The monoisotopic (exact) mass is 640 g/mol. The summed E-state index contributed by atoms with van der Waals surface area (Å²) < 4.78 is 48.3. The van der Waals surface area contributed by atoms with Gasteiger partial charge in [0.1, 0.15) is 17.6 Å². The van der Waals surface area contributed by atoms with Gasteiger partial charge in [-0.2, -0.15) is 18.3 Å². The third-order valence-corrected chi connectivity index (χ3v) is 5.86. The fourth-order valence-electron chi connectivity index (χ4n) is 3.38. The number of amides is 2. The second kappa shape index (κ2) is 13.8. The van der Waals surface area contributed by atoms with Crippen LogP contribution in [0.15, 0.2) is 66.9 Å². The first-order valence-corrected chi connectivity index (χ1v) is 12.5. The molecule has 4 rings (SSSR count). The van der Waals surface area contributed by atoms with E-state index in [2.05, 4.69) is 20.5 Å². The maximum Gasteiger partial charge on any atom is 0.417 e. The van der Waals surface area contributed by atoms with Crippen LogP contribution < -0.4 is 21.1 Å². The number of alkyl halides is 3. The van der Waals surface area contributed by atoms with Crippen LogP contribution in [0.3, 0.4) is 0 Å². The molecule has 0 radical (unpaired) electrons. The summed E-state index contributed by atoms with van der Waals surface area (Å²) in [6.07, 6.45) is -4.99. The number of hydrogen-bond acceptors (Lipinski definition) is 8. The molecule has 4 aromatic rings. The highest BCUT2D eigenvalue weighted by atomic mass is 35.5. The Morgan fingerprint density at radius 2 is 1.58 bits per heavy atom. The van der Waals surface area contributed by atoms with Gasteiger partial charge in [0.2, 0.25) is 5.82 Å². The number of nitrogens with zero attached hydrogens (tertiary/aromatic N) is 3. The number of aryl methyl sites for hydroxylation is 1. The molecule has 0 atom stereocenters. The van der Waals surface area contributed by atoms with E-state index < -0.39 is 40.4 Å². The number of rotatable bonds is 5. The lowest BCUT2D eigenvalue weighted by atomic mass is 10.2. The maximum atomic E-state index is 12.6. The van der Waals surface area contributed by atoms with E-state index in [1.165, 1.54) is 13.2 Å². The first-order chi connectivity index (χ1) is 20.2. The highest BCUT2D eigenvalue weighted by Gasteiger charge is 2.33. The number of methoxy groups -OCH3 is 1. The van der Waals surface area contributed by atoms with Crippen molar-refractivity contribution < 1.29 is 37.2 Å². The smallest absolute Gasteiger partial charge is 0.417 e. The Bertz CT molecular complexity index is 1640. The number of carbonyl (C=O) groups is 2. The summed E-state index contributed by atoms with van der Waals surface area (Å²) in [5.74, 6) is -0.0948. The second-order valence-corrected chi connectivity index (χ2v) is 9.21. The van der Waals surface area contributed by atoms with E-state index in [0.29, 0.717) is 29.3 Å². The summed E-state index contributed by atoms with van der Waals surface area (Å²) in [5.41, 5.74) is 5.92. The van der Waals surface area contributed by atoms with E-state index in [1.54, 1.807) is 24.3 Å². The van der Waals surface area contributed by atoms with Crippen molar-refractivity contribution in [2.24, 2.45) is 0 Å². The molecule has 4 N–H and O–H groups in total. The van der Waals surface area contributed by atoms with E-state index in [1.807, 2.05) is 25.1 Å². The number of benzene rings is 3. The molecular formula is C26H21Cl2F3N6O6. The van der Waals surface area contributed by atoms with Gasteiger partial charge in [0.15, 0.2) is 0 Å². The molecule has 1 aromatic heterocycles. The van der Waals surface area contributed by atoms with Crippen LogP contribution in [0.4, 0.5) is 45.6 Å². The summed E-state index contributed by atoms with van der Waals surface area (Å²) in [6, 6.07) is 15.1. The van der Waals surface area contributed by atoms with Gasteiger partial charge in [-0.05, 0) is 48.9 Å². The lowest BCUT2D eigenvalue weighted by Gasteiger charge is -2.12. The molecule has 0 fully saturated rings. The summed E-state index contributed by atoms with van der Waals surface area (Å²) in [6.45, 7) is 1.93. The molecule has 43 heavy (non-hydrogen) atoms. The fourth-order valence-corrected chi connectivity index (χ4v) is 4.03. The zero-order valence-corrected chi connectivity index (χ0v) is 23.6. The van der Waals surface area contributed by atoms with Crippen LogP contribution in [0.1, 0.15) is 11.1 Å². The maximum absolute atomic E-state index is 12.6. The van der Waals surface area contributed by atoms with E-state index in [-0.39, 0.29) is 15.7 Å². The van der Waals surface area contributed by atoms with Gasteiger partial charge >= 0.3 is 24.1 Å². The van der Waals surface area contributed by atoms with Gasteiger partial charge in [-0.25, -0.2) is 14.3 Å². The van der Waals surface area contributed by atoms with Crippen LogP contribution in [0, 0.1) is 17.0 Å². The number of anilines is 3. The van der Waals surface area contributed by atoms with Crippen molar-refractivity contribution in [1.29, 1.82) is 0 Å². The minimum Gasteiger partial charge on any atom is -0.453 e. The van der Waals surface area contributed by atoms with Gasteiger partial charge in [-0.1, -0.05) is 41.4 Å². The molecule has 0 unspecified atom stereocenters. The topological polar surface area (TPSA) is 164 Å². The van der Waals surface area contributed by atoms with E-state index >= 15 is 0 Å². The quantitative estimate of drug-likeness (QED) is 0.149. The van der Waals surface area contributed by atoms with Gasteiger partial charge in [-0.15, -0.1) is 0 Å². The lowest BCUT2D eigenvalue weighted by Crippen LogP contribution is -2.17. The Morgan fingerprint density at radius 1 is 1.00 bits per heavy atom. The van der Waals surface area contributed by atoms with Gasteiger partial charge in [-0.3, -0.25) is 20.7 Å². The van der Waals surface area contributed by atoms with Crippen molar-refractivity contribution in [2.45, 2.75) is 13.1 Å². The van der Waals surface area contributed by atoms with Crippen molar-refractivity contribution in [3.05, 3.63) is 98.1 Å². The number of ether oxygens (including phenoxy) is 2. The summed E-state index contributed by atoms with van der Waals surface area (Å²) >= 11 is 11.5. The van der Waals surface area contributed by atoms with Gasteiger partial charge in [0, 0.05) is 17.4 Å². The van der Waals surface area contributed by atoms with Crippen molar-refractivity contribution in [3.63, 3.8) is 0 Å². The number of nitrogens with one attached hydrogen (secondary N) is 2. The normalized spacial score (nSPS) is 10.7. The first-order valence-electron chi connectivity index (χ1n) is 11.7. The first kappa shape index (κ1) is 32.5. The second-order valence-electron chi connectivity index (χ2n) is 8.40. The van der Waals surface area contributed by atoms with Crippen molar-refractivity contribution in [3.8, 4) is 11.4 Å². The molecule has 2 amide bonds. The third kappa shape index (κ3) is 8.73. The predicted octanol–water partition coefficient (Wildman–Crippen LogP) is 7.47. The third-order valence-electron chi connectivity index (χ3n) is 5.28. The van der Waals surface area contributed by atoms with Crippen molar-refractivity contribution in [1.82, 2.24) is 9.78 Å². The van der Waals surface area contributed by atoms with Crippen LogP contribution in [0.25, 0.3) is 5.69 Å². The van der Waals surface area contributed by atoms with Gasteiger partial charge in [0.25, 0.3) is 0 Å². The van der Waals surface area contributed by atoms with E-state index in [0.717, 1.165) is 16.4 Å². The zero-order chi connectivity index (χ0) is 31.9. The Morgan fingerprint density at radius 3 is 2.12 bits per heavy atom. The van der Waals surface area contributed by atoms with Gasteiger partial charge in [0.05, 0.1) is 27.6 Å². The molecule has 0 aliphatic rings. The van der Waals surface area contributed by atoms with Crippen LogP contribution in [0.2, 0.25) is 10.0 Å². The molecule has 17 heteroatoms. The van der Waals surface area contributed by atoms with Crippen LogP contribution in [-0.2, 0) is 10.9 Å². The number of nitrogens with two attached hydrogens (primary N) is 1. The molecule has 1 heterocycles. The molecule has 0 aliphatic carbocycles. The number of halogens is 5. The fraction of sp³-hybridized carbons (Fsp3) is 0.115. The van der Waals surface area contributed by atoms with E-state index in [9.17, 15) is 32.9 Å². The summed E-state index contributed by atoms with van der Waals surface area (Å²) in [4.78, 5) is 32.9. The average molecular weight is 641 g/mol. The molecule has 0 saturated carbocycles. The van der Waals surface area contributed by atoms with E-state index in [4.69, 9.17) is 33.7 Å². The standard InChI is InChI=1S/C16H16N2O4.C10H5Cl2F3N4O2/c1-11-5-3-6-12(9-11)18-16(20)22-14-8-4-7-13(10-14)17-15(19)21-2;11-5-1-4(10(13,14)15)2-6(12)8(5)18-9(16)7(3-17-18)19(20)21/h3-10H,1-2H3,(H,17,19)(H,18,20);1-3H,16H2. The molecule has 0 aliphatic heterocycles. The molecule has 3 aromatic carbocycles. The number of hydrogen-bond donors (Lipinski definition) is 3. The zero-order valence-electron chi connectivity index (χ0n) is 22.1. The summed E-state index contributed by atoms with van der Waals surface area (Å²) in [5, 5.41) is 18.6. The highest BCUT2D eigenvalue weighted by molar-refractivity contribution is 6.38. The van der Waals surface area contributed by atoms with Crippen LogP contribution >= 0.6 is 23.2 Å². The van der Waals surface area contributed by atoms with Crippen molar-refractivity contribution >= 4 is 58.3 Å². The largest absolute Gasteiger partial charge is 0.453 e. The average Bonchev–Trinajstić information content (AvgIpc) is 3.29. The minimum absolute atomic E-state index is 0.170. The molecule has 12 nitrogen and oxygen atoms in total. The molecule has 0 bridgehead atoms. The molecular weight excluding hydrogens is 620 g/mol. The van der Waals surface area contributed by atoms with Crippen LogP contribution in [0.5, 0.6) is 5.75 Å². The predicted molar refractivity (Wildman–Crippen MR) is 153 cm³/mol. The Hall–Kier alpha value is -5.02. The van der Waals surface area contributed by atoms with Gasteiger partial charge < -0.3 is 15.2 Å². The minimum atomic E-state index is -4.63. The summed E-state index contributed by atoms with van der Waals surface area (Å²) in [7, 11) is 1.27. The molecule has 226 valence electrons. The SMILES string of the molecule is COC(=O)Nc1cccc(OC(=O)Nc2cccc(C)c2)c1.Nc1c([N+](=O)[O-])cnn1-c1c(Cl)cc(C(F)(F)F)cc1Cl. The number of carbonyl (C=O) groups excluding carboxylic acids is 2. The number of nitro groups is 1. The lowest BCUT2D eigenvalue weighted by molar-refractivity contribution is -0.383. The number of nitrogen functional groups attached to an aromatic ring is 1. The van der Waals surface area contributed by atoms with Crippen LogP contribution in [-0.4, -0.2) is 34.0 Å². The molecule has 0 saturated heterocycles. The Balaban J connectivity index is 0.000000236. The highest BCUT2D eigenvalue weighted by Crippen LogP contribution is 2.39. The molecule has 0 spiro atoms. The Kier molecular flexibility index (Phi) is 10.4. The number of aromatic nitrogens is 2. The Labute approximate surface area is 251 Å².